The van der Waals surface area contributed by atoms with Gasteiger partial charge in [0.05, 0.1) is 6.10 Å². The number of fused-ring (bicyclic) bond motifs is 1. The molecule has 3 amide bonds. The number of nitrogens with zero attached hydrogens (tertiary/aromatic N) is 1. The third-order valence-corrected chi connectivity index (χ3v) is 6.45. The predicted octanol–water partition coefficient (Wildman–Crippen LogP) is -0.943. The summed E-state index contributed by atoms with van der Waals surface area (Å²) < 4.78 is 0. The van der Waals surface area contributed by atoms with E-state index < -0.39 is 54.0 Å². The lowest BCUT2D eigenvalue weighted by atomic mass is 10.00. The van der Waals surface area contributed by atoms with Crippen molar-refractivity contribution in [2.24, 2.45) is 28.1 Å². The van der Waals surface area contributed by atoms with Crippen LogP contribution >= 0.6 is 0 Å². The Labute approximate surface area is 238 Å². The number of nitrogens with two attached hydrogens (primary N) is 3. The number of carbonyl (C=O) groups excluding carboxylic acids is 3. The monoisotopic (exact) mass is 574 g/mol. The molecule has 0 aliphatic heterocycles. The highest BCUT2D eigenvalue weighted by atomic mass is 16.4. The molecule has 12 N–H and O–H groups in total. The molecule has 0 saturated heterocycles. The maximum atomic E-state index is 13.6. The number of carbonyl (C=O) groups is 4. The number of para-hydroxylation sites is 1. The van der Waals surface area contributed by atoms with E-state index in [0.717, 1.165) is 16.5 Å². The first kappa shape index (κ1) is 33.0. The van der Waals surface area contributed by atoms with E-state index in [4.69, 9.17) is 17.2 Å². The highest BCUT2D eigenvalue weighted by molar-refractivity contribution is 5.95. The van der Waals surface area contributed by atoms with Gasteiger partial charge in [-0.2, -0.15) is 0 Å². The maximum Gasteiger partial charge on any atom is 0.326 e. The fourth-order valence-corrected chi connectivity index (χ4v) is 4.23. The number of carboxylic acids is 1. The molecule has 5 unspecified atom stereocenters. The van der Waals surface area contributed by atoms with Gasteiger partial charge in [0, 0.05) is 30.1 Å². The normalized spacial score (nSPS) is 14.9. The summed E-state index contributed by atoms with van der Waals surface area (Å²) in [5, 5.41) is 28.0. The Bertz CT molecular complexity index is 1220. The molecule has 2 aromatic rings. The van der Waals surface area contributed by atoms with Crippen LogP contribution in [0.4, 0.5) is 0 Å². The lowest BCUT2D eigenvalue weighted by molar-refractivity contribution is -0.142. The van der Waals surface area contributed by atoms with Crippen molar-refractivity contribution in [1.29, 1.82) is 0 Å². The molecule has 1 aromatic carbocycles. The summed E-state index contributed by atoms with van der Waals surface area (Å²) in [6, 6.07) is 2.70. The van der Waals surface area contributed by atoms with Gasteiger partial charge in [0.2, 0.25) is 17.7 Å². The van der Waals surface area contributed by atoms with Gasteiger partial charge in [-0.15, -0.1) is 0 Å². The van der Waals surface area contributed by atoms with Crippen molar-refractivity contribution in [3.63, 3.8) is 0 Å². The van der Waals surface area contributed by atoms with Gasteiger partial charge in [0.25, 0.3) is 0 Å². The number of aliphatic imine (C=N–C) groups is 1. The van der Waals surface area contributed by atoms with Crippen LogP contribution < -0.4 is 33.2 Å². The van der Waals surface area contributed by atoms with Crippen LogP contribution in [0.25, 0.3) is 10.9 Å². The summed E-state index contributed by atoms with van der Waals surface area (Å²) in [6.45, 7) is 5.25. The van der Waals surface area contributed by atoms with E-state index >= 15 is 0 Å². The van der Waals surface area contributed by atoms with E-state index in [-0.39, 0.29) is 37.7 Å². The Hall–Kier alpha value is -4.17. The third-order valence-electron chi connectivity index (χ3n) is 6.45. The maximum absolute atomic E-state index is 13.6. The molecule has 5 atom stereocenters. The third kappa shape index (κ3) is 10.4. The summed E-state index contributed by atoms with van der Waals surface area (Å²) in [5.74, 6) is -3.49. The average molecular weight is 575 g/mol. The number of hydrogen-bond donors (Lipinski definition) is 9. The minimum absolute atomic E-state index is 0.0403. The molecule has 41 heavy (non-hydrogen) atoms. The molecule has 14 heteroatoms. The number of carboxylic acid groups (broad SMARTS) is 1. The summed E-state index contributed by atoms with van der Waals surface area (Å²) >= 11 is 0. The summed E-state index contributed by atoms with van der Waals surface area (Å²) in [7, 11) is 0. The molecular weight excluding hydrogens is 532 g/mol. The second-order valence-corrected chi connectivity index (χ2v) is 10.4. The van der Waals surface area contributed by atoms with Gasteiger partial charge in [-0.1, -0.05) is 32.0 Å². The lowest BCUT2D eigenvalue weighted by Crippen LogP contribution is -2.58. The van der Waals surface area contributed by atoms with Gasteiger partial charge < -0.3 is 48.3 Å². The number of hydrogen-bond acceptors (Lipinski definition) is 7. The minimum Gasteiger partial charge on any atom is -0.480 e. The van der Waals surface area contributed by atoms with Crippen LogP contribution in [0.2, 0.25) is 0 Å². The van der Waals surface area contributed by atoms with E-state index in [1.165, 1.54) is 6.92 Å². The lowest BCUT2D eigenvalue weighted by Gasteiger charge is -2.26. The minimum atomic E-state index is -1.28. The first-order valence-electron chi connectivity index (χ1n) is 13.5. The van der Waals surface area contributed by atoms with Gasteiger partial charge in [0.1, 0.15) is 24.2 Å². The van der Waals surface area contributed by atoms with E-state index in [1.807, 2.05) is 38.1 Å². The summed E-state index contributed by atoms with van der Waals surface area (Å²) in [6.07, 6.45) is 1.20. The number of rotatable bonds is 16. The number of benzene rings is 1. The molecule has 2 rings (SSSR count). The summed E-state index contributed by atoms with van der Waals surface area (Å²) in [4.78, 5) is 58.2. The van der Waals surface area contributed by atoms with Crippen LogP contribution in [0.5, 0.6) is 0 Å². The first-order valence-corrected chi connectivity index (χ1v) is 13.5. The largest absolute Gasteiger partial charge is 0.480 e. The van der Waals surface area contributed by atoms with Gasteiger partial charge in [0.15, 0.2) is 5.96 Å². The molecule has 0 aliphatic rings. The van der Waals surface area contributed by atoms with Crippen molar-refractivity contribution in [2.45, 2.75) is 76.7 Å². The molecule has 14 nitrogen and oxygen atoms in total. The smallest absolute Gasteiger partial charge is 0.326 e. The number of guanidine groups is 1. The number of aliphatic carboxylic acids is 1. The van der Waals surface area contributed by atoms with E-state index in [1.54, 1.807) is 6.20 Å². The molecule has 0 saturated carbocycles. The number of nitrogens with one attached hydrogen (secondary N) is 4. The van der Waals surface area contributed by atoms with Crippen molar-refractivity contribution >= 4 is 40.6 Å². The number of aliphatic hydroxyl groups is 1. The Morgan fingerprint density at radius 3 is 2.17 bits per heavy atom. The number of amides is 3. The number of aromatic nitrogens is 1. The van der Waals surface area contributed by atoms with Crippen molar-refractivity contribution in [2.75, 3.05) is 6.54 Å². The Balaban J connectivity index is 2.25. The number of H-pyrrole nitrogens is 1. The summed E-state index contributed by atoms with van der Waals surface area (Å²) in [5.41, 5.74) is 18.0. The molecule has 1 aromatic heterocycles. The highest BCUT2D eigenvalue weighted by Crippen LogP contribution is 2.19. The molecule has 226 valence electrons. The van der Waals surface area contributed by atoms with Crippen LogP contribution in [0.3, 0.4) is 0 Å². The molecule has 0 fully saturated rings. The van der Waals surface area contributed by atoms with E-state index in [0.29, 0.717) is 6.42 Å². The molecule has 1 heterocycles. The first-order chi connectivity index (χ1) is 19.3. The van der Waals surface area contributed by atoms with Crippen molar-refractivity contribution < 1.29 is 29.4 Å². The second-order valence-electron chi connectivity index (χ2n) is 10.4. The SMILES string of the molecule is CC(C)CC(NC(=O)C(Cc1c[nH]c2ccccc12)NC(=O)C(N)C(C)O)C(=O)NC(CCCN=C(N)N)C(=O)O. The zero-order valence-electron chi connectivity index (χ0n) is 23.6. The van der Waals surface area contributed by atoms with E-state index in [2.05, 4.69) is 25.9 Å². The quantitative estimate of drug-likeness (QED) is 0.0680. The molecule has 0 bridgehead atoms. The van der Waals surface area contributed by atoms with Gasteiger partial charge in [-0.3, -0.25) is 19.4 Å². The topological polar surface area (TPSA) is 251 Å². The van der Waals surface area contributed by atoms with Crippen molar-refractivity contribution in [3.8, 4) is 0 Å². The van der Waals surface area contributed by atoms with Crippen molar-refractivity contribution in [1.82, 2.24) is 20.9 Å². The molecule has 0 aliphatic carbocycles. The van der Waals surface area contributed by atoms with Gasteiger partial charge >= 0.3 is 5.97 Å². The van der Waals surface area contributed by atoms with Crippen LogP contribution in [0, 0.1) is 5.92 Å². The fourth-order valence-electron chi connectivity index (χ4n) is 4.23. The molecule has 0 radical (unpaired) electrons. The molecular formula is C27H42N8O6. The predicted molar refractivity (Wildman–Crippen MR) is 154 cm³/mol. The van der Waals surface area contributed by atoms with E-state index in [9.17, 15) is 29.4 Å². The number of aliphatic hydroxyl groups excluding tert-OH is 1. The van der Waals surface area contributed by atoms with Gasteiger partial charge in [-0.25, -0.2) is 4.79 Å². The fraction of sp³-hybridized carbons (Fsp3) is 0.519. The van der Waals surface area contributed by atoms with Crippen molar-refractivity contribution in [3.05, 3.63) is 36.0 Å². The zero-order valence-corrected chi connectivity index (χ0v) is 23.6. The second kappa shape index (κ2) is 15.6. The van der Waals surface area contributed by atoms with Crippen LogP contribution in [-0.2, 0) is 25.6 Å². The number of aromatic amines is 1. The Morgan fingerprint density at radius 2 is 1.56 bits per heavy atom. The molecule has 0 spiro atoms. The highest BCUT2D eigenvalue weighted by Gasteiger charge is 2.32. The average Bonchev–Trinajstić information content (AvgIpc) is 3.31. The van der Waals surface area contributed by atoms with Crippen LogP contribution in [0.1, 0.15) is 45.6 Å². The zero-order chi connectivity index (χ0) is 30.7. The Morgan fingerprint density at radius 1 is 0.951 bits per heavy atom. The Kier molecular flexibility index (Phi) is 12.5. The standard InChI is InChI=1S/C27H42N8O6/c1-14(2)11-20(23(37)33-19(26(40)41)9-6-10-31-27(29)30)34-24(38)21(35-25(39)22(28)15(3)36)12-16-13-32-18-8-5-4-7-17(16)18/h4-5,7-8,13-15,19-22,32,36H,6,9-12,28H2,1-3H3,(H,33,37)(H,34,38)(H,35,39)(H,40,41)(H4,29,30,31). The van der Waals surface area contributed by atoms with Crippen LogP contribution in [0.15, 0.2) is 35.5 Å². The van der Waals surface area contributed by atoms with Gasteiger partial charge in [-0.05, 0) is 43.7 Å². The van der Waals surface area contributed by atoms with Crippen LogP contribution in [-0.4, -0.2) is 81.7 Å².